The molecule has 96 valence electrons. The van der Waals surface area contributed by atoms with E-state index in [4.69, 9.17) is 5.73 Å². The Bertz CT molecular complexity index is 759. The van der Waals surface area contributed by atoms with Crippen molar-refractivity contribution in [2.45, 2.75) is 6.92 Å². The fraction of sp³-hybridized carbons (Fsp3) is 0.0769. The van der Waals surface area contributed by atoms with Crippen molar-refractivity contribution in [3.05, 3.63) is 47.7 Å². The molecular weight excluding hydrogens is 250 g/mol. The van der Waals surface area contributed by atoms with E-state index < -0.39 is 11.6 Å². The topological polar surface area (TPSA) is 56.7 Å². The summed E-state index contributed by atoms with van der Waals surface area (Å²) in [4.78, 5) is 8.36. The second kappa shape index (κ2) is 4.01. The van der Waals surface area contributed by atoms with Crippen LogP contribution in [0.15, 0.2) is 30.5 Å². The molecule has 6 heteroatoms. The predicted molar refractivity (Wildman–Crippen MR) is 67.9 cm³/mol. The van der Waals surface area contributed by atoms with Gasteiger partial charge in [0.1, 0.15) is 17.2 Å². The molecule has 0 aliphatic rings. The Morgan fingerprint density at radius 1 is 1.11 bits per heavy atom. The molecule has 0 aliphatic heterocycles. The van der Waals surface area contributed by atoms with Crippen LogP contribution < -0.4 is 5.73 Å². The van der Waals surface area contributed by atoms with Crippen molar-refractivity contribution in [1.29, 1.82) is 0 Å². The molecule has 0 saturated carbocycles. The summed E-state index contributed by atoms with van der Waals surface area (Å²) in [5.74, 6) is -1.22. The number of anilines is 1. The van der Waals surface area contributed by atoms with E-state index in [0.29, 0.717) is 11.2 Å². The molecule has 0 fully saturated rings. The SMILES string of the molecule is Cc1cnc2c(c1)nc(N)n2-c1cc(F)cc(F)c1. The number of fused-ring (bicyclic) bond motifs is 1. The Labute approximate surface area is 107 Å². The normalized spacial score (nSPS) is 11.1. The van der Waals surface area contributed by atoms with Crippen LogP contribution in [0.1, 0.15) is 5.56 Å². The lowest BCUT2D eigenvalue weighted by molar-refractivity contribution is 0.582. The zero-order chi connectivity index (χ0) is 13.6. The first kappa shape index (κ1) is 11.6. The van der Waals surface area contributed by atoms with Gasteiger partial charge in [-0.25, -0.2) is 18.7 Å². The number of hydrogen-bond acceptors (Lipinski definition) is 3. The number of nitrogens with two attached hydrogens (primary N) is 1. The highest BCUT2D eigenvalue weighted by atomic mass is 19.1. The van der Waals surface area contributed by atoms with Crippen LogP contribution in [-0.2, 0) is 0 Å². The minimum absolute atomic E-state index is 0.137. The average Bonchev–Trinajstić information content (AvgIpc) is 2.62. The van der Waals surface area contributed by atoms with Crippen molar-refractivity contribution in [2.75, 3.05) is 5.73 Å². The monoisotopic (exact) mass is 260 g/mol. The Morgan fingerprint density at radius 3 is 2.47 bits per heavy atom. The first-order valence-corrected chi connectivity index (χ1v) is 5.61. The van der Waals surface area contributed by atoms with Crippen molar-refractivity contribution >= 4 is 17.1 Å². The molecule has 0 unspecified atom stereocenters. The number of rotatable bonds is 1. The van der Waals surface area contributed by atoms with Gasteiger partial charge < -0.3 is 5.73 Å². The van der Waals surface area contributed by atoms with E-state index in [2.05, 4.69) is 9.97 Å². The summed E-state index contributed by atoms with van der Waals surface area (Å²) in [6, 6.07) is 4.98. The van der Waals surface area contributed by atoms with E-state index in [1.165, 1.54) is 16.7 Å². The Kier molecular flexibility index (Phi) is 2.45. The van der Waals surface area contributed by atoms with Gasteiger partial charge in [-0.2, -0.15) is 0 Å². The van der Waals surface area contributed by atoms with Gasteiger partial charge in [0.25, 0.3) is 0 Å². The quantitative estimate of drug-likeness (QED) is 0.731. The smallest absolute Gasteiger partial charge is 0.207 e. The predicted octanol–water partition coefficient (Wildman–Crippen LogP) is 2.59. The van der Waals surface area contributed by atoms with Gasteiger partial charge in [-0.15, -0.1) is 0 Å². The van der Waals surface area contributed by atoms with Crippen LogP contribution in [0.3, 0.4) is 0 Å². The number of benzene rings is 1. The Morgan fingerprint density at radius 2 is 1.79 bits per heavy atom. The average molecular weight is 260 g/mol. The fourth-order valence-electron chi connectivity index (χ4n) is 2.01. The van der Waals surface area contributed by atoms with Crippen molar-refractivity contribution in [2.24, 2.45) is 0 Å². The van der Waals surface area contributed by atoms with Crippen LogP contribution >= 0.6 is 0 Å². The van der Waals surface area contributed by atoms with E-state index >= 15 is 0 Å². The van der Waals surface area contributed by atoms with E-state index in [1.54, 1.807) is 6.20 Å². The maximum Gasteiger partial charge on any atom is 0.207 e. The molecule has 2 N–H and O–H groups in total. The second-order valence-electron chi connectivity index (χ2n) is 4.29. The van der Waals surface area contributed by atoms with Crippen LogP contribution in [-0.4, -0.2) is 14.5 Å². The molecule has 4 nitrogen and oxygen atoms in total. The number of nitrogen functional groups attached to an aromatic ring is 1. The lowest BCUT2D eigenvalue weighted by Crippen LogP contribution is -2.02. The van der Waals surface area contributed by atoms with Gasteiger partial charge in [0.05, 0.1) is 5.69 Å². The summed E-state index contributed by atoms with van der Waals surface area (Å²) in [5, 5.41) is 0. The summed E-state index contributed by atoms with van der Waals surface area (Å²) in [6.07, 6.45) is 1.65. The van der Waals surface area contributed by atoms with Gasteiger partial charge in [-0.3, -0.25) is 4.57 Å². The summed E-state index contributed by atoms with van der Waals surface area (Å²) >= 11 is 0. The maximum atomic E-state index is 13.3. The van der Waals surface area contributed by atoms with Gasteiger partial charge in [0, 0.05) is 12.3 Å². The lowest BCUT2D eigenvalue weighted by atomic mass is 10.3. The third-order valence-electron chi connectivity index (χ3n) is 2.77. The first-order valence-electron chi connectivity index (χ1n) is 5.61. The molecule has 0 atom stereocenters. The number of halogens is 2. The zero-order valence-electron chi connectivity index (χ0n) is 10.1. The molecule has 2 heterocycles. The minimum Gasteiger partial charge on any atom is -0.369 e. The summed E-state index contributed by atoms with van der Waals surface area (Å²) in [6.45, 7) is 1.88. The van der Waals surface area contributed by atoms with Gasteiger partial charge in [-0.05, 0) is 30.7 Å². The number of nitrogens with zero attached hydrogens (tertiary/aromatic N) is 3. The van der Waals surface area contributed by atoms with Crippen LogP contribution in [0.4, 0.5) is 14.7 Å². The molecule has 0 radical (unpaired) electrons. The molecule has 19 heavy (non-hydrogen) atoms. The number of hydrogen-bond donors (Lipinski definition) is 1. The third-order valence-corrected chi connectivity index (χ3v) is 2.77. The number of aromatic nitrogens is 3. The zero-order valence-corrected chi connectivity index (χ0v) is 10.1. The highest BCUT2D eigenvalue weighted by Crippen LogP contribution is 2.23. The van der Waals surface area contributed by atoms with Crippen LogP contribution in [0, 0.1) is 18.6 Å². The highest BCUT2D eigenvalue weighted by Gasteiger charge is 2.13. The largest absolute Gasteiger partial charge is 0.369 e. The summed E-state index contributed by atoms with van der Waals surface area (Å²) in [7, 11) is 0. The van der Waals surface area contributed by atoms with Crippen LogP contribution in [0.25, 0.3) is 16.9 Å². The third kappa shape index (κ3) is 1.91. The van der Waals surface area contributed by atoms with Gasteiger partial charge in [0.15, 0.2) is 5.65 Å². The Hall–Kier alpha value is -2.50. The number of pyridine rings is 1. The Balaban J connectivity index is 2.32. The summed E-state index contributed by atoms with van der Waals surface area (Å²) < 4.78 is 28.0. The molecule has 3 rings (SSSR count). The maximum absolute atomic E-state index is 13.3. The molecule has 3 aromatic rings. The van der Waals surface area contributed by atoms with Crippen LogP contribution in [0.2, 0.25) is 0 Å². The van der Waals surface area contributed by atoms with E-state index in [9.17, 15) is 8.78 Å². The van der Waals surface area contributed by atoms with Crippen molar-refractivity contribution in [3.8, 4) is 5.69 Å². The molecule has 0 amide bonds. The molecule has 1 aromatic carbocycles. The van der Waals surface area contributed by atoms with Crippen molar-refractivity contribution in [3.63, 3.8) is 0 Å². The fourth-order valence-corrected chi connectivity index (χ4v) is 2.01. The van der Waals surface area contributed by atoms with E-state index in [0.717, 1.165) is 11.6 Å². The van der Waals surface area contributed by atoms with Gasteiger partial charge in [-0.1, -0.05) is 0 Å². The van der Waals surface area contributed by atoms with E-state index in [1.807, 2.05) is 13.0 Å². The lowest BCUT2D eigenvalue weighted by Gasteiger charge is -2.06. The van der Waals surface area contributed by atoms with Gasteiger partial charge in [0.2, 0.25) is 5.95 Å². The number of aryl methyl sites for hydroxylation is 1. The molecule has 0 spiro atoms. The molecule has 0 aliphatic carbocycles. The molecule has 0 bridgehead atoms. The molecule has 0 saturated heterocycles. The molecule has 2 aromatic heterocycles. The second-order valence-corrected chi connectivity index (χ2v) is 4.29. The van der Waals surface area contributed by atoms with E-state index in [-0.39, 0.29) is 11.6 Å². The van der Waals surface area contributed by atoms with Crippen molar-refractivity contribution < 1.29 is 8.78 Å². The van der Waals surface area contributed by atoms with Crippen LogP contribution in [0.5, 0.6) is 0 Å². The highest BCUT2D eigenvalue weighted by molar-refractivity contribution is 5.77. The van der Waals surface area contributed by atoms with Gasteiger partial charge >= 0.3 is 0 Å². The summed E-state index contributed by atoms with van der Waals surface area (Å²) in [5.41, 5.74) is 8.04. The first-order chi connectivity index (χ1) is 9.04. The standard InChI is InChI=1S/C13H10F2N4/c1-7-2-11-12(17-6-7)19(13(16)18-11)10-4-8(14)3-9(15)5-10/h2-6H,1H3,(H2,16,18). The number of imidazole rings is 1. The molecular formula is C13H10F2N4. The minimum atomic E-state index is -0.677. The van der Waals surface area contributed by atoms with Crippen molar-refractivity contribution in [1.82, 2.24) is 14.5 Å².